The van der Waals surface area contributed by atoms with Crippen molar-refractivity contribution in [3.8, 4) is 0 Å². The number of nitrogens with one attached hydrogen (secondary N) is 1. The lowest BCUT2D eigenvalue weighted by Gasteiger charge is -2.28. The molecule has 3 fully saturated rings. The molecule has 3 N–H and O–H groups in total. The van der Waals surface area contributed by atoms with Crippen molar-refractivity contribution in [1.29, 1.82) is 0 Å². The average Bonchev–Trinajstić information content (AvgIpc) is 2.71. The van der Waals surface area contributed by atoms with Crippen molar-refractivity contribution in [2.24, 2.45) is 17.6 Å². The predicted molar refractivity (Wildman–Crippen MR) is 125 cm³/mol. The Morgan fingerprint density at radius 2 is 1.32 bits per heavy atom. The van der Waals surface area contributed by atoms with Crippen molar-refractivity contribution in [3.63, 3.8) is 0 Å². The monoisotopic (exact) mass is 399 g/mol. The zero-order valence-corrected chi connectivity index (χ0v) is 19.0. The van der Waals surface area contributed by atoms with E-state index >= 15 is 0 Å². The maximum atomic E-state index is 5.72. The van der Waals surface area contributed by atoms with Gasteiger partial charge in [0, 0.05) is 19.2 Å². The van der Waals surface area contributed by atoms with Gasteiger partial charge in [-0.2, -0.15) is 0 Å². The number of nitrogens with zero attached hydrogens (tertiary/aromatic N) is 1. The minimum Gasteiger partial charge on any atom is -0.381 e. The molecule has 0 radical (unpaired) electrons. The van der Waals surface area contributed by atoms with E-state index in [-0.39, 0.29) is 7.43 Å². The molecule has 0 aromatic rings. The first-order chi connectivity index (χ1) is 13.0. The Bertz CT molecular complexity index is 276. The summed E-state index contributed by atoms with van der Waals surface area (Å²) < 4.78 is 5.24. The fourth-order valence-corrected chi connectivity index (χ4v) is 4.28. The minimum absolute atomic E-state index is 0. The van der Waals surface area contributed by atoms with E-state index in [4.69, 9.17) is 10.5 Å². The van der Waals surface area contributed by atoms with Gasteiger partial charge in [0.05, 0.1) is 6.10 Å². The molecule has 2 aliphatic carbocycles. The van der Waals surface area contributed by atoms with Crippen molar-refractivity contribution < 1.29 is 4.74 Å². The molecule has 3 rings (SSSR count). The number of ether oxygens (including phenoxy) is 1. The van der Waals surface area contributed by atoms with Gasteiger partial charge in [-0.1, -0.05) is 28.2 Å². The molecule has 1 heterocycles. The van der Waals surface area contributed by atoms with Gasteiger partial charge in [0.2, 0.25) is 0 Å². The first-order valence-corrected chi connectivity index (χ1v) is 11.7. The Balaban J connectivity index is 0.000000384. The molecule has 1 saturated heterocycles. The predicted octanol–water partition coefficient (Wildman–Crippen LogP) is 5.06. The molecule has 1 aliphatic heterocycles. The Morgan fingerprint density at radius 1 is 0.857 bits per heavy atom. The summed E-state index contributed by atoms with van der Waals surface area (Å²) in [5, 5.41) is 3.32. The Hall–Kier alpha value is -0.160. The third kappa shape index (κ3) is 12.4. The Morgan fingerprint density at radius 3 is 1.71 bits per heavy atom. The first kappa shape index (κ1) is 27.8. The molecule has 4 nitrogen and oxygen atoms in total. The third-order valence-electron chi connectivity index (χ3n) is 6.80. The molecule has 0 atom stereocenters. The van der Waals surface area contributed by atoms with Crippen LogP contribution in [-0.2, 0) is 4.74 Å². The SMILES string of the molecule is C.CCN1CCC(N)CC1.CNC1CCC(C)CC1.COC1CCC(C)CC1. The van der Waals surface area contributed by atoms with E-state index in [1.54, 1.807) is 0 Å². The van der Waals surface area contributed by atoms with Crippen LogP contribution in [0.2, 0.25) is 0 Å². The van der Waals surface area contributed by atoms with Gasteiger partial charge in [-0.25, -0.2) is 0 Å². The van der Waals surface area contributed by atoms with E-state index in [2.05, 4.69) is 38.0 Å². The first-order valence-electron chi connectivity index (χ1n) is 11.7. The van der Waals surface area contributed by atoms with E-state index in [1.165, 1.54) is 83.8 Å². The largest absolute Gasteiger partial charge is 0.381 e. The highest BCUT2D eigenvalue weighted by molar-refractivity contribution is 4.73. The highest BCUT2D eigenvalue weighted by atomic mass is 16.5. The van der Waals surface area contributed by atoms with Crippen LogP contribution in [0, 0.1) is 11.8 Å². The fraction of sp³-hybridized carbons (Fsp3) is 1.00. The summed E-state index contributed by atoms with van der Waals surface area (Å²) in [7, 11) is 3.89. The molecule has 0 amide bonds. The Labute approximate surface area is 177 Å². The number of methoxy groups -OCH3 is 1. The number of hydrogen-bond donors (Lipinski definition) is 2. The molecule has 0 spiro atoms. The van der Waals surface area contributed by atoms with Gasteiger partial charge in [0.1, 0.15) is 0 Å². The quantitative estimate of drug-likeness (QED) is 0.696. The van der Waals surface area contributed by atoms with Gasteiger partial charge in [0.15, 0.2) is 0 Å². The van der Waals surface area contributed by atoms with Crippen LogP contribution in [0.5, 0.6) is 0 Å². The van der Waals surface area contributed by atoms with Gasteiger partial charge in [-0.05, 0) is 103 Å². The van der Waals surface area contributed by atoms with E-state index in [9.17, 15) is 0 Å². The molecular formula is C24H53N3O. The maximum absolute atomic E-state index is 5.72. The van der Waals surface area contributed by atoms with Gasteiger partial charge in [0.25, 0.3) is 0 Å². The van der Waals surface area contributed by atoms with Crippen molar-refractivity contribution in [3.05, 3.63) is 0 Å². The van der Waals surface area contributed by atoms with Crippen molar-refractivity contribution >= 4 is 0 Å². The van der Waals surface area contributed by atoms with Crippen LogP contribution in [0.25, 0.3) is 0 Å². The van der Waals surface area contributed by atoms with Gasteiger partial charge >= 0.3 is 0 Å². The van der Waals surface area contributed by atoms with Crippen molar-refractivity contribution in [2.45, 2.75) is 111 Å². The van der Waals surface area contributed by atoms with E-state index < -0.39 is 0 Å². The summed E-state index contributed by atoms with van der Waals surface area (Å²) in [6.07, 6.45) is 13.8. The summed E-state index contributed by atoms with van der Waals surface area (Å²) in [5.41, 5.74) is 5.72. The molecule has 170 valence electrons. The van der Waals surface area contributed by atoms with Crippen LogP contribution in [0.4, 0.5) is 0 Å². The van der Waals surface area contributed by atoms with Gasteiger partial charge in [-0.15, -0.1) is 0 Å². The normalized spacial score (nSPS) is 31.5. The smallest absolute Gasteiger partial charge is 0.0571 e. The molecule has 28 heavy (non-hydrogen) atoms. The third-order valence-corrected chi connectivity index (χ3v) is 6.80. The number of hydrogen-bond acceptors (Lipinski definition) is 4. The summed E-state index contributed by atoms with van der Waals surface area (Å²) in [4.78, 5) is 2.45. The highest BCUT2D eigenvalue weighted by Crippen LogP contribution is 2.24. The second-order valence-electron chi connectivity index (χ2n) is 9.13. The zero-order chi connectivity index (χ0) is 20.1. The number of rotatable bonds is 3. The minimum atomic E-state index is 0. The summed E-state index contributed by atoms with van der Waals surface area (Å²) >= 11 is 0. The standard InChI is InChI=1S/C8H17N.C8H16O.C7H16N2.CH4/c2*1-7-3-5-8(9-2)6-4-7;1-2-9-5-3-7(8)4-6-9;/h7-9H,3-6H2,1-2H3;7-8H,3-6H2,1-2H3;7H,2-6,8H2,1H3;1H4. The molecule has 0 bridgehead atoms. The molecule has 0 aromatic heterocycles. The molecular weight excluding hydrogens is 346 g/mol. The maximum Gasteiger partial charge on any atom is 0.0571 e. The number of likely N-dealkylation sites (tertiary alicyclic amines) is 1. The van der Waals surface area contributed by atoms with Crippen LogP contribution in [0.1, 0.15) is 92.4 Å². The summed E-state index contributed by atoms with van der Waals surface area (Å²) in [5.74, 6) is 1.92. The fourth-order valence-electron chi connectivity index (χ4n) is 4.28. The highest BCUT2D eigenvalue weighted by Gasteiger charge is 2.17. The summed E-state index contributed by atoms with van der Waals surface area (Å²) in [6.45, 7) is 10.5. The van der Waals surface area contributed by atoms with Crippen LogP contribution in [0.15, 0.2) is 0 Å². The lowest BCUT2D eigenvalue weighted by Crippen LogP contribution is -2.39. The van der Waals surface area contributed by atoms with Gasteiger partial charge in [-0.3, -0.25) is 0 Å². The molecule has 4 heteroatoms. The van der Waals surface area contributed by atoms with E-state index in [1.807, 2.05) is 7.11 Å². The Kier molecular flexibility index (Phi) is 16.5. The van der Waals surface area contributed by atoms with Gasteiger partial charge < -0.3 is 20.7 Å². The van der Waals surface area contributed by atoms with E-state index in [0.29, 0.717) is 12.1 Å². The second kappa shape index (κ2) is 16.6. The van der Waals surface area contributed by atoms with Crippen LogP contribution in [-0.4, -0.2) is 56.9 Å². The number of piperidine rings is 1. The topological polar surface area (TPSA) is 50.5 Å². The lowest BCUT2D eigenvalue weighted by atomic mass is 9.87. The van der Waals surface area contributed by atoms with E-state index in [0.717, 1.165) is 17.9 Å². The van der Waals surface area contributed by atoms with Crippen LogP contribution in [0.3, 0.4) is 0 Å². The van der Waals surface area contributed by atoms with Crippen molar-refractivity contribution in [2.75, 3.05) is 33.8 Å². The van der Waals surface area contributed by atoms with Crippen molar-refractivity contribution in [1.82, 2.24) is 10.2 Å². The molecule has 3 aliphatic rings. The zero-order valence-electron chi connectivity index (χ0n) is 19.0. The lowest BCUT2D eigenvalue weighted by molar-refractivity contribution is 0.0593. The molecule has 0 unspecified atom stereocenters. The second-order valence-corrected chi connectivity index (χ2v) is 9.13. The van der Waals surface area contributed by atoms with Crippen LogP contribution < -0.4 is 11.1 Å². The average molecular weight is 400 g/mol. The van der Waals surface area contributed by atoms with Crippen LogP contribution >= 0.6 is 0 Å². The summed E-state index contributed by atoms with van der Waals surface area (Å²) in [6, 6.07) is 1.30. The molecule has 0 aromatic carbocycles. The number of nitrogens with two attached hydrogens (primary N) is 1. The molecule has 2 saturated carbocycles.